The molecule has 1 unspecified atom stereocenters. The molecule has 0 aliphatic rings. The first-order valence-electron chi connectivity index (χ1n) is 4.91. The number of carboxylic acids is 1. The van der Waals surface area contributed by atoms with Crippen LogP contribution in [0.4, 0.5) is 0 Å². The minimum atomic E-state index is -3.77. The zero-order valence-corrected chi connectivity index (χ0v) is 12.5. The number of halogens is 2. The number of aliphatic carboxylic acids is 1. The van der Waals surface area contributed by atoms with Gasteiger partial charge >= 0.3 is 5.97 Å². The lowest BCUT2D eigenvalue weighted by Crippen LogP contribution is -2.32. The second-order valence-corrected chi connectivity index (χ2v) is 7.61. The number of hydrogen-bond acceptors (Lipinski definition) is 4. The molecule has 102 valence electrons. The third-order valence-corrected chi connectivity index (χ3v) is 5.41. The van der Waals surface area contributed by atoms with Crippen molar-refractivity contribution >= 4 is 50.5 Å². The van der Waals surface area contributed by atoms with E-state index in [4.69, 9.17) is 28.3 Å². The average molecular weight is 332 g/mol. The number of thiophene rings is 1. The van der Waals surface area contributed by atoms with Crippen molar-refractivity contribution in [1.29, 1.82) is 0 Å². The standard InChI is InChI=1S/C9H11Cl2NO4S2/c1-5(2-3-8(13)14)12-18(15,16)6-4-7(10)17-9(6)11/h4-5,12H,2-3H2,1H3,(H,13,14). The zero-order chi connectivity index (χ0) is 13.9. The minimum Gasteiger partial charge on any atom is -0.481 e. The maximum absolute atomic E-state index is 11.9. The molecule has 18 heavy (non-hydrogen) atoms. The van der Waals surface area contributed by atoms with Gasteiger partial charge in [0.15, 0.2) is 0 Å². The van der Waals surface area contributed by atoms with E-state index in [0.717, 1.165) is 11.3 Å². The Morgan fingerprint density at radius 2 is 2.17 bits per heavy atom. The zero-order valence-electron chi connectivity index (χ0n) is 9.31. The highest BCUT2D eigenvalue weighted by Gasteiger charge is 2.23. The van der Waals surface area contributed by atoms with Crippen LogP contribution in [-0.4, -0.2) is 25.5 Å². The minimum absolute atomic E-state index is 0.0814. The van der Waals surface area contributed by atoms with Crippen LogP contribution in [0.2, 0.25) is 8.67 Å². The second kappa shape index (κ2) is 6.21. The van der Waals surface area contributed by atoms with Gasteiger partial charge in [0.25, 0.3) is 0 Å². The molecular weight excluding hydrogens is 321 g/mol. The Labute approximate surface area is 119 Å². The number of hydrogen-bond donors (Lipinski definition) is 2. The van der Waals surface area contributed by atoms with Gasteiger partial charge in [-0.05, 0) is 19.4 Å². The van der Waals surface area contributed by atoms with Crippen LogP contribution in [0.1, 0.15) is 19.8 Å². The van der Waals surface area contributed by atoms with E-state index < -0.39 is 22.0 Å². The first-order chi connectivity index (χ1) is 8.22. The largest absolute Gasteiger partial charge is 0.481 e. The normalized spacial score (nSPS) is 13.5. The van der Waals surface area contributed by atoms with Crippen LogP contribution in [0.3, 0.4) is 0 Å². The van der Waals surface area contributed by atoms with Crippen LogP contribution >= 0.6 is 34.5 Å². The van der Waals surface area contributed by atoms with Crippen molar-refractivity contribution in [1.82, 2.24) is 4.72 Å². The lowest BCUT2D eigenvalue weighted by atomic mass is 10.2. The summed E-state index contributed by atoms with van der Waals surface area (Å²) < 4.78 is 26.6. The van der Waals surface area contributed by atoms with E-state index in [9.17, 15) is 13.2 Å². The van der Waals surface area contributed by atoms with E-state index >= 15 is 0 Å². The Balaban J connectivity index is 2.76. The van der Waals surface area contributed by atoms with E-state index in [2.05, 4.69) is 4.72 Å². The molecule has 1 heterocycles. The third-order valence-electron chi connectivity index (χ3n) is 2.06. The number of sulfonamides is 1. The molecule has 0 aliphatic heterocycles. The quantitative estimate of drug-likeness (QED) is 0.839. The molecule has 0 fully saturated rings. The third kappa shape index (κ3) is 4.40. The van der Waals surface area contributed by atoms with Crippen LogP contribution in [-0.2, 0) is 14.8 Å². The van der Waals surface area contributed by atoms with Crippen LogP contribution in [0.15, 0.2) is 11.0 Å². The maximum Gasteiger partial charge on any atom is 0.303 e. The molecule has 0 amide bonds. The Morgan fingerprint density at radius 1 is 1.56 bits per heavy atom. The molecule has 0 saturated heterocycles. The summed E-state index contributed by atoms with van der Waals surface area (Å²) in [6, 6.07) is 0.765. The van der Waals surface area contributed by atoms with Gasteiger partial charge in [0, 0.05) is 12.5 Å². The molecule has 5 nitrogen and oxygen atoms in total. The predicted molar refractivity (Wildman–Crippen MR) is 71.0 cm³/mol. The Kier molecular flexibility index (Phi) is 5.42. The van der Waals surface area contributed by atoms with Crippen molar-refractivity contribution in [2.75, 3.05) is 0 Å². The van der Waals surface area contributed by atoms with Crippen LogP contribution < -0.4 is 4.72 Å². The number of nitrogens with one attached hydrogen (secondary N) is 1. The molecule has 0 spiro atoms. The molecule has 1 rings (SSSR count). The summed E-state index contributed by atoms with van der Waals surface area (Å²) in [4.78, 5) is 10.3. The summed E-state index contributed by atoms with van der Waals surface area (Å²) in [5.74, 6) is -0.974. The number of carbonyl (C=O) groups is 1. The highest BCUT2D eigenvalue weighted by atomic mass is 35.5. The first kappa shape index (κ1) is 15.7. The average Bonchev–Trinajstić information content (AvgIpc) is 2.55. The van der Waals surface area contributed by atoms with Gasteiger partial charge in [-0.25, -0.2) is 13.1 Å². The van der Waals surface area contributed by atoms with Crippen LogP contribution in [0.25, 0.3) is 0 Å². The van der Waals surface area contributed by atoms with Crippen molar-refractivity contribution in [3.63, 3.8) is 0 Å². The molecule has 0 aliphatic carbocycles. The fraction of sp³-hybridized carbons (Fsp3) is 0.444. The van der Waals surface area contributed by atoms with Crippen LogP contribution in [0, 0.1) is 0 Å². The van der Waals surface area contributed by atoms with Crippen LogP contribution in [0.5, 0.6) is 0 Å². The molecule has 1 aromatic heterocycles. The van der Waals surface area contributed by atoms with E-state index in [1.165, 1.54) is 6.07 Å². The smallest absolute Gasteiger partial charge is 0.303 e. The van der Waals surface area contributed by atoms with Gasteiger partial charge < -0.3 is 5.11 Å². The van der Waals surface area contributed by atoms with Crippen molar-refractivity contribution in [3.8, 4) is 0 Å². The summed E-state index contributed by atoms with van der Waals surface area (Å²) >= 11 is 12.4. The maximum atomic E-state index is 11.9. The molecule has 0 radical (unpaired) electrons. The topological polar surface area (TPSA) is 83.5 Å². The first-order valence-corrected chi connectivity index (χ1v) is 7.97. The lowest BCUT2D eigenvalue weighted by molar-refractivity contribution is -0.137. The van der Waals surface area contributed by atoms with Gasteiger partial charge in [-0.15, -0.1) is 11.3 Å². The van der Waals surface area contributed by atoms with E-state index in [-0.39, 0.29) is 26.4 Å². The summed E-state index contributed by atoms with van der Waals surface area (Å²) in [7, 11) is -3.77. The molecule has 9 heteroatoms. The summed E-state index contributed by atoms with van der Waals surface area (Å²) in [6.45, 7) is 1.59. The number of carboxylic acid groups (broad SMARTS) is 1. The Morgan fingerprint density at radius 3 is 2.61 bits per heavy atom. The monoisotopic (exact) mass is 331 g/mol. The summed E-state index contributed by atoms with van der Waals surface area (Å²) in [5.41, 5.74) is 0. The van der Waals surface area contributed by atoms with Gasteiger partial charge in [-0.2, -0.15) is 0 Å². The Hall–Kier alpha value is -0.340. The van der Waals surface area contributed by atoms with Crippen molar-refractivity contribution in [3.05, 3.63) is 14.7 Å². The molecule has 0 bridgehead atoms. The van der Waals surface area contributed by atoms with E-state index in [1.54, 1.807) is 6.92 Å². The fourth-order valence-corrected chi connectivity index (χ4v) is 4.66. The van der Waals surface area contributed by atoms with Gasteiger partial charge in [0.1, 0.15) is 9.23 Å². The summed E-state index contributed by atoms with van der Waals surface area (Å²) in [5, 5.41) is 8.51. The molecule has 0 aromatic carbocycles. The van der Waals surface area contributed by atoms with Gasteiger partial charge in [-0.3, -0.25) is 4.79 Å². The van der Waals surface area contributed by atoms with Crippen molar-refractivity contribution < 1.29 is 18.3 Å². The molecule has 1 aromatic rings. The SMILES string of the molecule is CC(CCC(=O)O)NS(=O)(=O)c1cc(Cl)sc1Cl. The molecule has 0 saturated carbocycles. The van der Waals surface area contributed by atoms with Gasteiger partial charge in [-0.1, -0.05) is 23.2 Å². The van der Waals surface area contributed by atoms with Crippen molar-refractivity contribution in [2.24, 2.45) is 0 Å². The number of rotatable bonds is 6. The Bertz CT molecular complexity index is 541. The lowest BCUT2D eigenvalue weighted by Gasteiger charge is -2.12. The van der Waals surface area contributed by atoms with Gasteiger partial charge in [0.05, 0.1) is 4.34 Å². The summed E-state index contributed by atoms with van der Waals surface area (Å²) in [6.07, 6.45) is 0.0892. The molecular formula is C9H11Cl2NO4S2. The predicted octanol–water partition coefficient (Wildman–Crippen LogP) is 2.59. The second-order valence-electron chi connectivity index (χ2n) is 3.64. The van der Waals surface area contributed by atoms with Crippen molar-refractivity contribution in [2.45, 2.75) is 30.7 Å². The highest BCUT2D eigenvalue weighted by Crippen LogP contribution is 2.34. The van der Waals surface area contributed by atoms with E-state index in [0.29, 0.717) is 0 Å². The highest BCUT2D eigenvalue weighted by molar-refractivity contribution is 7.89. The van der Waals surface area contributed by atoms with Gasteiger partial charge in [0.2, 0.25) is 10.0 Å². The molecule has 1 atom stereocenters. The van der Waals surface area contributed by atoms with E-state index in [1.807, 2.05) is 0 Å². The fourth-order valence-electron chi connectivity index (χ4n) is 1.24. The molecule has 2 N–H and O–H groups in total.